The number of benzene rings is 2. The van der Waals surface area contributed by atoms with Gasteiger partial charge in [0.15, 0.2) is 11.5 Å². The molecule has 8 heteroatoms. The molecule has 0 atom stereocenters. The molecule has 0 aliphatic carbocycles. The molecule has 1 N–H and O–H groups in total. The summed E-state index contributed by atoms with van der Waals surface area (Å²) in [4.78, 5) is 12.4. The summed E-state index contributed by atoms with van der Waals surface area (Å²) >= 11 is 0. The normalized spacial score (nSPS) is 10.3. The van der Waals surface area contributed by atoms with E-state index in [0.29, 0.717) is 29.3 Å². The van der Waals surface area contributed by atoms with Crippen LogP contribution in [-0.2, 0) is 6.54 Å². The Morgan fingerprint density at radius 3 is 2.68 bits per heavy atom. The maximum Gasteiger partial charge on any atom is 0.251 e. The summed E-state index contributed by atoms with van der Waals surface area (Å²) in [5.41, 5.74) is 2.14. The van der Waals surface area contributed by atoms with E-state index in [1.54, 1.807) is 38.5 Å². The van der Waals surface area contributed by atoms with E-state index in [4.69, 9.17) is 9.47 Å². The van der Waals surface area contributed by atoms with Gasteiger partial charge in [-0.2, -0.15) is 0 Å². The van der Waals surface area contributed by atoms with Crippen LogP contribution in [0.4, 0.5) is 0 Å². The number of carbonyl (C=O) groups is 1. The highest BCUT2D eigenvalue weighted by Crippen LogP contribution is 2.27. The zero-order valence-electron chi connectivity index (χ0n) is 13.8. The minimum absolute atomic E-state index is 0.190. The molecule has 0 bridgehead atoms. The number of hydrogen-bond donors (Lipinski definition) is 1. The van der Waals surface area contributed by atoms with Gasteiger partial charge in [0, 0.05) is 12.1 Å². The first kappa shape index (κ1) is 16.4. The fourth-order valence-electron chi connectivity index (χ4n) is 2.34. The van der Waals surface area contributed by atoms with Gasteiger partial charge in [-0.1, -0.05) is 12.1 Å². The summed E-state index contributed by atoms with van der Waals surface area (Å²) in [5, 5.41) is 13.9. The summed E-state index contributed by atoms with van der Waals surface area (Å²) < 4.78 is 12.0. The zero-order chi connectivity index (χ0) is 17.6. The first-order valence-electron chi connectivity index (χ1n) is 7.54. The summed E-state index contributed by atoms with van der Waals surface area (Å²) in [5.74, 6) is 1.08. The minimum atomic E-state index is -0.190. The van der Waals surface area contributed by atoms with Crippen molar-refractivity contribution in [3.8, 4) is 17.2 Å². The SMILES string of the molecule is COc1ccc(CNC(=O)c2cccc(-n3cnnn3)c2)cc1OC. The van der Waals surface area contributed by atoms with Crippen LogP contribution >= 0.6 is 0 Å². The number of tetrazole rings is 1. The second kappa shape index (κ2) is 7.43. The van der Waals surface area contributed by atoms with Crippen molar-refractivity contribution < 1.29 is 14.3 Å². The molecular weight excluding hydrogens is 322 g/mol. The van der Waals surface area contributed by atoms with Crippen LogP contribution in [0.2, 0.25) is 0 Å². The van der Waals surface area contributed by atoms with Crippen LogP contribution in [0.5, 0.6) is 11.5 Å². The Morgan fingerprint density at radius 1 is 1.12 bits per heavy atom. The second-order valence-electron chi connectivity index (χ2n) is 5.18. The molecule has 0 unspecified atom stereocenters. The van der Waals surface area contributed by atoms with Gasteiger partial charge in [0.1, 0.15) is 6.33 Å². The second-order valence-corrected chi connectivity index (χ2v) is 5.18. The van der Waals surface area contributed by atoms with Gasteiger partial charge in [-0.15, -0.1) is 5.10 Å². The van der Waals surface area contributed by atoms with Crippen molar-refractivity contribution in [2.75, 3.05) is 14.2 Å². The molecule has 1 heterocycles. The summed E-state index contributed by atoms with van der Waals surface area (Å²) in [6.07, 6.45) is 1.47. The Bertz CT molecular complexity index is 864. The number of aromatic nitrogens is 4. The molecule has 0 saturated carbocycles. The molecule has 0 radical (unpaired) electrons. The number of ether oxygens (including phenoxy) is 2. The lowest BCUT2D eigenvalue weighted by atomic mass is 10.1. The van der Waals surface area contributed by atoms with Crippen molar-refractivity contribution >= 4 is 5.91 Å². The summed E-state index contributed by atoms with van der Waals surface area (Å²) in [6.45, 7) is 0.369. The molecule has 0 spiro atoms. The monoisotopic (exact) mass is 339 g/mol. The Kier molecular flexibility index (Phi) is 4.89. The van der Waals surface area contributed by atoms with E-state index in [-0.39, 0.29) is 5.91 Å². The van der Waals surface area contributed by atoms with Gasteiger partial charge >= 0.3 is 0 Å². The number of nitrogens with one attached hydrogen (secondary N) is 1. The Hall–Kier alpha value is -3.42. The number of amides is 1. The number of methoxy groups -OCH3 is 2. The predicted molar refractivity (Wildman–Crippen MR) is 89.9 cm³/mol. The van der Waals surface area contributed by atoms with Crippen LogP contribution < -0.4 is 14.8 Å². The molecule has 1 aromatic heterocycles. The maximum atomic E-state index is 12.4. The molecule has 0 fully saturated rings. The highest BCUT2D eigenvalue weighted by molar-refractivity contribution is 5.94. The minimum Gasteiger partial charge on any atom is -0.493 e. The van der Waals surface area contributed by atoms with Gasteiger partial charge in [0.05, 0.1) is 19.9 Å². The van der Waals surface area contributed by atoms with E-state index < -0.39 is 0 Å². The molecular formula is C17H17N5O3. The number of rotatable bonds is 6. The van der Waals surface area contributed by atoms with E-state index in [9.17, 15) is 4.79 Å². The average Bonchev–Trinajstić information content (AvgIpc) is 3.20. The molecule has 3 rings (SSSR count). The van der Waals surface area contributed by atoms with Gasteiger partial charge in [-0.25, -0.2) is 4.68 Å². The van der Waals surface area contributed by atoms with Crippen LogP contribution in [0, 0.1) is 0 Å². The average molecular weight is 339 g/mol. The van der Waals surface area contributed by atoms with E-state index in [2.05, 4.69) is 20.8 Å². The largest absolute Gasteiger partial charge is 0.493 e. The van der Waals surface area contributed by atoms with Crippen LogP contribution in [0.1, 0.15) is 15.9 Å². The third-order valence-corrected chi connectivity index (χ3v) is 3.62. The van der Waals surface area contributed by atoms with Crippen LogP contribution in [0.3, 0.4) is 0 Å². The van der Waals surface area contributed by atoms with Gasteiger partial charge in [-0.3, -0.25) is 4.79 Å². The number of nitrogens with zero attached hydrogens (tertiary/aromatic N) is 4. The maximum absolute atomic E-state index is 12.4. The van der Waals surface area contributed by atoms with Crippen molar-refractivity contribution in [2.45, 2.75) is 6.54 Å². The highest BCUT2D eigenvalue weighted by atomic mass is 16.5. The quantitative estimate of drug-likeness (QED) is 0.734. The van der Waals surface area contributed by atoms with E-state index in [0.717, 1.165) is 5.56 Å². The highest BCUT2D eigenvalue weighted by Gasteiger charge is 2.09. The van der Waals surface area contributed by atoms with Gasteiger partial charge in [0.25, 0.3) is 5.91 Å². The standard InChI is InChI=1S/C17H17N5O3/c1-24-15-7-6-12(8-16(15)25-2)10-18-17(23)13-4-3-5-14(9-13)22-11-19-20-21-22/h3-9,11H,10H2,1-2H3,(H,18,23). The van der Waals surface area contributed by atoms with Crippen LogP contribution in [0.25, 0.3) is 5.69 Å². The van der Waals surface area contributed by atoms with Crippen molar-refractivity contribution in [3.63, 3.8) is 0 Å². The fourth-order valence-corrected chi connectivity index (χ4v) is 2.34. The lowest BCUT2D eigenvalue weighted by Gasteiger charge is -2.10. The molecule has 0 aliphatic heterocycles. The summed E-state index contributed by atoms with van der Waals surface area (Å²) in [7, 11) is 3.15. The molecule has 128 valence electrons. The van der Waals surface area contributed by atoms with Crippen LogP contribution in [0.15, 0.2) is 48.8 Å². The Labute approximate surface area is 144 Å². The Balaban J connectivity index is 1.70. The lowest BCUT2D eigenvalue weighted by Crippen LogP contribution is -2.23. The van der Waals surface area contributed by atoms with Crippen molar-refractivity contribution in [1.29, 1.82) is 0 Å². The molecule has 8 nitrogen and oxygen atoms in total. The number of hydrogen-bond acceptors (Lipinski definition) is 6. The lowest BCUT2D eigenvalue weighted by molar-refractivity contribution is 0.0951. The predicted octanol–water partition coefficient (Wildman–Crippen LogP) is 1.61. The van der Waals surface area contributed by atoms with E-state index in [1.807, 2.05) is 18.2 Å². The third-order valence-electron chi connectivity index (χ3n) is 3.62. The van der Waals surface area contributed by atoms with Crippen molar-refractivity contribution in [2.24, 2.45) is 0 Å². The molecule has 2 aromatic carbocycles. The van der Waals surface area contributed by atoms with Crippen LogP contribution in [-0.4, -0.2) is 40.3 Å². The zero-order valence-corrected chi connectivity index (χ0v) is 13.8. The smallest absolute Gasteiger partial charge is 0.251 e. The first-order chi connectivity index (χ1) is 12.2. The van der Waals surface area contributed by atoms with Crippen molar-refractivity contribution in [3.05, 3.63) is 59.9 Å². The van der Waals surface area contributed by atoms with Gasteiger partial charge in [-0.05, 0) is 46.3 Å². The van der Waals surface area contributed by atoms with E-state index in [1.165, 1.54) is 11.0 Å². The molecule has 25 heavy (non-hydrogen) atoms. The Morgan fingerprint density at radius 2 is 1.96 bits per heavy atom. The summed E-state index contributed by atoms with van der Waals surface area (Å²) in [6, 6.07) is 12.6. The van der Waals surface area contributed by atoms with E-state index >= 15 is 0 Å². The van der Waals surface area contributed by atoms with Gasteiger partial charge < -0.3 is 14.8 Å². The fraction of sp³-hybridized carbons (Fsp3) is 0.176. The molecule has 3 aromatic rings. The van der Waals surface area contributed by atoms with Crippen molar-refractivity contribution in [1.82, 2.24) is 25.5 Å². The van der Waals surface area contributed by atoms with Gasteiger partial charge in [0.2, 0.25) is 0 Å². The molecule has 0 saturated heterocycles. The third kappa shape index (κ3) is 3.74. The topological polar surface area (TPSA) is 91.2 Å². The molecule has 0 aliphatic rings. The molecule has 1 amide bonds. The number of carbonyl (C=O) groups excluding carboxylic acids is 1. The first-order valence-corrected chi connectivity index (χ1v) is 7.54.